The van der Waals surface area contributed by atoms with E-state index in [9.17, 15) is 0 Å². The van der Waals surface area contributed by atoms with Gasteiger partial charge in [-0.3, -0.25) is 0 Å². The fraction of sp³-hybridized carbons (Fsp3) is 0.333. The molecule has 0 amide bonds. The van der Waals surface area contributed by atoms with Gasteiger partial charge in [-0.2, -0.15) is 5.26 Å². The van der Waals surface area contributed by atoms with Crippen LogP contribution < -0.4 is 0 Å². The summed E-state index contributed by atoms with van der Waals surface area (Å²) >= 11 is 0. The first kappa shape index (κ1) is 7.70. The van der Waals surface area contributed by atoms with Gasteiger partial charge in [0.1, 0.15) is 12.3 Å². The minimum Gasteiger partial charge on any atom is -0.501 e. The fourth-order valence-electron chi connectivity index (χ4n) is 0.336. The molecule has 0 bridgehead atoms. The van der Waals surface area contributed by atoms with E-state index in [2.05, 4.69) is 9.73 Å². The number of nitrogens with zero attached hydrogens (tertiary/aromatic N) is 2. The molecule has 0 aromatic carbocycles. The Morgan fingerprint density at radius 2 is 2.44 bits per heavy atom. The predicted octanol–water partition coefficient (Wildman–Crippen LogP) is 1.09. The third-order valence-electron chi connectivity index (χ3n) is 0.612. The molecular formula is C6H8N2O. The van der Waals surface area contributed by atoms with E-state index in [1.165, 1.54) is 19.6 Å². The van der Waals surface area contributed by atoms with E-state index in [-0.39, 0.29) is 5.70 Å². The number of hydrogen-bond acceptors (Lipinski definition) is 3. The number of rotatable bonds is 2. The maximum absolute atomic E-state index is 8.28. The summed E-state index contributed by atoms with van der Waals surface area (Å²) in [6.07, 6.45) is 2.83. The predicted molar refractivity (Wildman–Crippen MR) is 34.9 cm³/mol. The lowest BCUT2D eigenvalue weighted by Gasteiger charge is -1.85. The lowest BCUT2D eigenvalue weighted by Crippen LogP contribution is -1.74. The number of nitriles is 1. The summed E-state index contributed by atoms with van der Waals surface area (Å²) in [5.74, 6) is 0. The first-order valence-electron chi connectivity index (χ1n) is 2.47. The number of aliphatic imine (C=N–C) groups is 1. The SMILES string of the molecule is CC=N/C(C#N)=C\OC. The van der Waals surface area contributed by atoms with Gasteiger partial charge < -0.3 is 4.74 Å². The lowest BCUT2D eigenvalue weighted by atomic mass is 10.5. The van der Waals surface area contributed by atoms with Crippen LogP contribution in [0.25, 0.3) is 0 Å². The van der Waals surface area contributed by atoms with Gasteiger partial charge in [0.15, 0.2) is 5.70 Å². The molecule has 0 aliphatic rings. The van der Waals surface area contributed by atoms with Crippen molar-refractivity contribution in [1.82, 2.24) is 0 Å². The van der Waals surface area contributed by atoms with Crippen molar-refractivity contribution in [1.29, 1.82) is 5.26 Å². The van der Waals surface area contributed by atoms with Gasteiger partial charge in [0.25, 0.3) is 0 Å². The Hall–Kier alpha value is -1.30. The molecule has 0 saturated carbocycles. The summed E-state index contributed by atoms with van der Waals surface area (Å²) in [6, 6.07) is 1.84. The Kier molecular flexibility index (Phi) is 4.15. The van der Waals surface area contributed by atoms with Gasteiger partial charge >= 0.3 is 0 Å². The Bertz CT molecular complexity index is 164. The monoisotopic (exact) mass is 124 g/mol. The third-order valence-corrected chi connectivity index (χ3v) is 0.612. The largest absolute Gasteiger partial charge is 0.501 e. The highest BCUT2D eigenvalue weighted by Crippen LogP contribution is 1.91. The van der Waals surface area contributed by atoms with E-state index in [4.69, 9.17) is 5.26 Å². The molecule has 0 aromatic heterocycles. The Labute approximate surface area is 54.3 Å². The second-order valence-corrected chi connectivity index (χ2v) is 1.24. The normalized spacial score (nSPS) is 11.4. The molecule has 0 N–H and O–H groups in total. The Morgan fingerprint density at radius 3 is 2.78 bits per heavy atom. The molecule has 0 unspecified atom stereocenters. The van der Waals surface area contributed by atoms with Crippen LogP contribution in [0.2, 0.25) is 0 Å². The van der Waals surface area contributed by atoms with Gasteiger partial charge in [0, 0.05) is 6.21 Å². The molecule has 0 aromatic rings. The van der Waals surface area contributed by atoms with Gasteiger partial charge in [-0.15, -0.1) is 0 Å². The molecule has 0 aliphatic carbocycles. The molecular weight excluding hydrogens is 116 g/mol. The zero-order valence-corrected chi connectivity index (χ0v) is 5.46. The zero-order chi connectivity index (χ0) is 7.11. The van der Waals surface area contributed by atoms with Crippen LogP contribution in [0.4, 0.5) is 0 Å². The molecule has 0 rings (SSSR count). The quantitative estimate of drug-likeness (QED) is 0.314. The number of methoxy groups -OCH3 is 1. The van der Waals surface area contributed by atoms with Crippen LogP contribution in [0.1, 0.15) is 6.92 Å². The molecule has 48 valence electrons. The van der Waals surface area contributed by atoms with Crippen LogP contribution in [0.5, 0.6) is 0 Å². The maximum atomic E-state index is 8.28. The van der Waals surface area contributed by atoms with Gasteiger partial charge in [0.05, 0.1) is 7.11 Å². The molecule has 9 heavy (non-hydrogen) atoms. The van der Waals surface area contributed by atoms with E-state index in [0.29, 0.717) is 0 Å². The van der Waals surface area contributed by atoms with Crippen LogP contribution in [0.3, 0.4) is 0 Å². The van der Waals surface area contributed by atoms with E-state index < -0.39 is 0 Å². The van der Waals surface area contributed by atoms with Crippen molar-refractivity contribution in [3.63, 3.8) is 0 Å². The molecule has 0 radical (unpaired) electrons. The molecule has 0 heterocycles. The molecule has 3 heteroatoms. The molecule has 0 spiro atoms. The van der Waals surface area contributed by atoms with Crippen LogP contribution in [0.15, 0.2) is 17.0 Å². The van der Waals surface area contributed by atoms with Gasteiger partial charge in [-0.1, -0.05) is 0 Å². The molecule has 0 atom stereocenters. The second kappa shape index (κ2) is 4.85. The summed E-state index contributed by atoms with van der Waals surface area (Å²) in [5, 5.41) is 8.28. The van der Waals surface area contributed by atoms with Crippen molar-refractivity contribution in [2.45, 2.75) is 6.92 Å². The molecule has 0 fully saturated rings. The highest BCUT2D eigenvalue weighted by atomic mass is 16.5. The summed E-state index contributed by atoms with van der Waals surface area (Å²) in [7, 11) is 1.47. The van der Waals surface area contributed by atoms with Crippen LogP contribution >= 0.6 is 0 Å². The van der Waals surface area contributed by atoms with Crippen molar-refractivity contribution in [3.8, 4) is 6.07 Å². The second-order valence-electron chi connectivity index (χ2n) is 1.24. The molecule has 0 aliphatic heterocycles. The van der Waals surface area contributed by atoms with Crippen molar-refractivity contribution in [3.05, 3.63) is 12.0 Å². The van der Waals surface area contributed by atoms with Crippen molar-refractivity contribution in [2.24, 2.45) is 4.99 Å². The van der Waals surface area contributed by atoms with Crippen LogP contribution in [-0.4, -0.2) is 13.3 Å². The van der Waals surface area contributed by atoms with Crippen molar-refractivity contribution >= 4 is 6.21 Å². The zero-order valence-electron chi connectivity index (χ0n) is 5.46. The van der Waals surface area contributed by atoms with Crippen LogP contribution in [0, 0.1) is 11.3 Å². The highest BCUT2D eigenvalue weighted by Gasteiger charge is 1.84. The number of allylic oxidation sites excluding steroid dienone is 1. The summed E-state index contributed by atoms with van der Waals surface area (Å²) in [4.78, 5) is 3.68. The van der Waals surface area contributed by atoms with Crippen LogP contribution in [-0.2, 0) is 4.74 Å². The fourth-order valence-corrected chi connectivity index (χ4v) is 0.336. The first-order chi connectivity index (χ1) is 4.35. The summed E-state index contributed by atoms with van der Waals surface area (Å²) in [5.41, 5.74) is 0.278. The van der Waals surface area contributed by atoms with Gasteiger partial charge in [-0.05, 0) is 6.92 Å². The van der Waals surface area contributed by atoms with E-state index in [1.54, 1.807) is 6.92 Å². The number of hydrogen-bond donors (Lipinski definition) is 0. The lowest BCUT2D eigenvalue weighted by molar-refractivity contribution is 0.335. The Morgan fingerprint density at radius 1 is 1.78 bits per heavy atom. The molecule has 3 nitrogen and oxygen atoms in total. The van der Waals surface area contributed by atoms with Gasteiger partial charge in [-0.25, -0.2) is 4.99 Å². The Balaban J connectivity index is 4.02. The topological polar surface area (TPSA) is 45.4 Å². The van der Waals surface area contributed by atoms with E-state index in [1.807, 2.05) is 6.07 Å². The summed E-state index contributed by atoms with van der Waals surface area (Å²) < 4.78 is 4.55. The van der Waals surface area contributed by atoms with E-state index >= 15 is 0 Å². The average Bonchev–Trinajstić information content (AvgIpc) is 1.88. The van der Waals surface area contributed by atoms with Crippen molar-refractivity contribution < 1.29 is 4.74 Å². The van der Waals surface area contributed by atoms with Crippen molar-refractivity contribution in [2.75, 3.05) is 7.11 Å². The third kappa shape index (κ3) is 3.30. The molecule has 0 saturated heterocycles. The van der Waals surface area contributed by atoms with E-state index in [0.717, 1.165) is 0 Å². The smallest absolute Gasteiger partial charge is 0.174 e. The first-order valence-corrected chi connectivity index (χ1v) is 2.47. The summed E-state index contributed by atoms with van der Waals surface area (Å²) in [6.45, 7) is 1.74. The minimum atomic E-state index is 0.278. The minimum absolute atomic E-state index is 0.278. The standard InChI is InChI=1S/C6H8N2O/c1-3-8-6(4-7)5-9-2/h3,5H,1-2H3/b6-5-,8-3?. The van der Waals surface area contributed by atoms with Gasteiger partial charge in [0.2, 0.25) is 0 Å². The maximum Gasteiger partial charge on any atom is 0.174 e. The number of ether oxygens (including phenoxy) is 1. The highest BCUT2D eigenvalue weighted by molar-refractivity contribution is 5.56. The average molecular weight is 124 g/mol.